The first-order valence-corrected chi connectivity index (χ1v) is 10.5. The van der Waals surface area contributed by atoms with Crippen molar-refractivity contribution in [3.8, 4) is 0 Å². The molecule has 2 aliphatic rings. The van der Waals surface area contributed by atoms with Crippen molar-refractivity contribution in [2.45, 2.75) is 31.5 Å². The van der Waals surface area contributed by atoms with E-state index in [0.29, 0.717) is 12.1 Å². The molecule has 2 aliphatic heterocycles. The summed E-state index contributed by atoms with van der Waals surface area (Å²) in [4.78, 5) is 2.40. The Morgan fingerprint density at radius 1 is 1.14 bits per heavy atom. The topological polar surface area (TPSA) is 15.3 Å². The maximum atomic E-state index is 13.8. The van der Waals surface area contributed by atoms with E-state index in [-0.39, 0.29) is 5.82 Å². The van der Waals surface area contributed by atoms with Gasteiger partial charge >= 0.3 is 0 Å². The predicted molar refractivity (Wildman–Crippen MR) is 96.3 cm³/mol. The fraction of sp³-hybridized carbons (Fsp3) is 0.647. The zero-order valence-electron chi connectivity index (χ0n) is 13.0. The Balaban J connectivity index is 1.51. The zero-order chi connectivity index (χ0) is 15.2. The van der Waals surface area contributed by atoms with Crippen LogP contribution in [0.25, 0.3) is 0 Å². The van der Waals surface area contributed by atoms with Gasteiger partial charge in [-0.2, -0.15) is 23.5 Å². The summed E-state index contributed by atoms with van der Waals surface area (Å²) < 4.78 is 13.8. The molecule has 0 aromatic heterocycles. The van der Waals surface area contributed by atoms with Gasteiger partial charge in [-0.1, -0.05) is 18.2 Å². The largest absolute Gasteiger partial charge is 0.308 e. The molecule has 0 spiro atoms. The third kappa shape index (κ3) is 4.88. The molecule has 0 saturated carbocycles. The lowest BCUT2D eigenvalue weighted by atomic mass is 10.0. The van der Waals surface area contributed by atoms with Crippen molar-refractivity contribution >= 4 is 23.5 Å². The molecule has 2 saturated heterocycles. The highest BCUT2D eigenvalue weighted by atomic mass is 32.2. The molecule has 122 valence electrons. The summed E-state index contributed by atoms with van der Waals surface area (Å²) in [6.07, 6.45) is 2.46. The van der Waals surface area contributed by atoms with Crippen LogP contribution in [0.2, 0.25) is 0 Å². The number of thioether (sulfide) groups is 2. The lowest BCUT2D eigenvalue weighted by molar-refractivity contribution is 0.177. The normalized spacial score (nSPS) is 25.0. The van der Waals surface area contributed by atoms with E-state index in [1.165, 1.54) is 35.9 Å². The van der Waals surface area contributed by atoms with E-state index >= 15 is 0 Å². The van der Waals surface area contributed by atoms with Gasteiger partial charge in [-0.3, -0.25) is 4.90 Å². The number of nitrogens with zero attached hydrogens (tertiary/aromatic N) is 1. The van der Waals surface area contributed by atoms with Gasteiger partial charge in [-0.05, 0) is 25.5 Å². The van der Waals surface area contributed by atoms with Crippen LogP contribution >= 0.6 is 23.5 Å². The first-order chi connectivity index (χ1) is 10.8. The Kier molecular flexibility index (Phi) is 6.48. The van der Waals surface area contributed by atoms with E-state index in [1.54, 1.807) is 12.1 Å². The van der Waals surface area contributed by atoms with Gasteiger partial charge in [0.05, 0.1) is 0 Å². The molecule has 5 heteroatoms. The van der Waals surface area contributed by atoms with Gasteiger partial charge in [-0.15, -0.1) is 0 Å². The second kappa shape index (κ2) is 8.57. The van der Waals surface area contributed by atoms with Crippen molar-refractivity contribution in [2.75, 3.05) is 36.1 Å². The molecule has 1 aromatic carbocycles. The molecular weight excluding hydrogens is 315 g/mol. The maximum Gasteiger partial charge on any atom is 0.127 e. The van der Waals surface area contributed by atoms with Crippen LogP contribution in [0.4, 0.5) is 4.39 Å². The average Bonchev–Trinajstić information content (AvgIpc) is 2.79. The van der Waals surface area contributed by atoms with Crippen LogP contribution in [0.5, 0.6) is 0 Å². The second-order valence-corrected chi connectivity index (χ2v) is 8.48. The molecular formula is C17H25FN2S2. The van der Waals surface area contributed by atoms with Crippen LogP contribution in [0.1, 0.15) is 18.4 Å². The Morgan fingerprint density at radius 3 is 2.68 bits per heavy atom. The predicted octanol–water partition coefficient (Wildman–Crippen LogP) is 3.23. The highest BCUT2D eigenvalue weighted by Crippen LogP contribution is 2.20. The molecule has 2 nitrogen and oxygen atoms in total. The van der Waals surface area contributed by atoms with Crippen molar-refractivity contribution in [3.63, 3.8) is 0 Å². The molecule has 0 radical (unpaired) electrons. The quantitative estimate of drug-likeness (QED) is 0.905. The van der Waals surface area contributed by atoms with Gasteiger partial charge in [0.1, 0.15) is 5.82 Å². The van der Waals surface area contributed by atoms with Crippen molar-refractivity contribution in [1.82, 2.24) is 10.2 Å². The van der Waals surface area contributed by atoms with Gasteiger partial charge < -0.3 is 5.32 Å². The number of rotatable bonds is 4. The summed E-state index contributed by atoms with van der Waals surface area (Å²) in [5.41, 5.74) is 0.823. The molecule has 3 rings (SSSR count). The average molecular weight is 341 g/mol. The van der Waals surface area contributed by atoms with E-state index in [1.807, 2.05) is 12.1 Å². The van der Waals surface area contributed by atoms with Crippen LogP contribution in [0.3, 0.4) is 0 Å². The Morgan fingerprint density at radius 2 is 1.91 bits per heavy atom. The Hall–Kier alpha value is -0.230. The molecule has 1 aromatic rings. The molecule has 2 heterocycles. The molecule has 22 heavy (non-hydrogen) atoms. The minimum Gasteiger partial charge on any atom is -0.308 e. The second-order valence-electron chi connectivity index (χ2n) is 6.18. The standard InChI is InChI=1S/C17H25FN2S2/c18-17-6-2-1-4-14(17)10-20-7-3-5-15(11-20)19-16-12-21-8-9-22-13-16/h1-2,4,6,15-16,19H,3,5,7-13H2/t15-/m1/s1. The van der Waals surface area contributed by atoms with E-state index in [9.17, 15) is 4.39 Å². The highest BCUT2D eigenvalue weighted by molar-refractivity contribution is 8.03. The van der Waals surface area contributed by atoms with Gasteiger partial charge in [0.2, 0.25) is 0 Å². The Bertz CT molecular complexity index is 464. The minimum absolute atomic E-state index is 0.0749. The maximum absolute atomic E-state index is 13.8. The number of nitrogens with one attached hydrogen (secondary N) is 1. The first-order valence-electron chi connectivity index (χ1n) is 8.18. The number of hydrogen-bond donors (Lipinski definition) is 1. The lowest BCUT2D eigenvalue weighted by Crippen LogP contribution is -2.50. The minimum atomic E-state index is -0.0749. The van der Waals surface area contributed by atoms with Crippen LogP contribution in [-0.2, 0) is 6.54 Å². The summed E-state index contributed by atoms with van der Waals surface area (Å²) in [6, 6.07) is 8.36. The number of piperidine rings is 1. The summed E-state index contributed by atoms with van der Waals surface area (Å²) in [5, 5.41) is 3.85. The molecule has 1 atom stereocenters. The van der Waals surface area contributed by atoms with Gasteiger partial charge in [0.25, 0.3) is 0 Å². The number of hydrogen-bond acceptors (Lipinski definition) is 4. The summed E-state index contributed by atoms with van der Waals surface area (Å²) in [5.74, 6) is 4.96. The number of likely N-dealkylation sites (tertiary alicyclic amines) is 1. The van der Waals surface area contributed by atoms with Gasteiger partial charge in [-0.25, -0.2) is 4.39 Å². The molecule has 0 unspecified atom stereocenters. The number of benzene rings is 1. The van der Waals surface area contributed by atoms with Crippen molar-refractivity contribution < 1.29 is 4.39 Å². The molecule has 0 bridgehead atoms. The monoisotopic (exact) mass is 340 g/mol. The van der Waals surface area contributed by atoms with Crippen LogP contribution in [0, 0.1) is 5.82 Å². The van der Waals surface area contributed by atoms with Gasteiger partial charge in [0, 0.05) is 53.7 Å². The summed E-state index contributed by atoms with van der Waals surface area (Å²) in [7, 11) is 0. The SMILES string of the molecule is Fc1ccccc1CN1CCC[C@@H](NC2CSCCSC2)C1. The van der Waals surface area contributed by atoms with Crippen molar-refractivity contribution in [1.29, 1.82) is 0 Å². The summed E-state index contributed by atoms with van der Waals surface area (Å²) in [6.45, 7) is 2.86. The van der Waals surface area contributed by atoms with Crippen LogP contribution in [-0.4, -0.2) is 53.1 Å². The summed E-state index contributed by atoms with van der Waals surface area (Å²) >= 11 is 4.14. The lowest BCUT2D eigenvalue weighted by Gasteiger charge is -2.35. The van der Waals surface area contributed by atoms with Gasteiger partial charge in [0.15, 0.2) is 0 Å². The fourth-order valence-corrected chi connectivity index (χ4v) is 5.67. The van der Waals surface area contributed by atoms with Crippen molar-refractivity contribution in [2.24, 2.45) is 0 Å². The zero-order valence-corrected chi connectivity index (χ0v) is 14.6. The smallest absolute Gasteiger partial charge is 0.127 e. The van der Waals surface area contributed by atoms with Crippen LogP contribution in [0.15, 0.2) is 24.3 Å². The third-order valence-corrected chi connectivity index (χ3v) is 6.86. The molecule has 1 N–H and O–H groups in total. The molecule has 2 fully saturated rings. The van der Waals surface area contributed by atoms with E-state index in [0.717, 1.165) is 25.2 Å². The van der Waals surface area contributed by atoms with E-state index < -0.39 is 0 Å². The van der Waals surface area contributed by atoms with Crippen LogP contribution < -0.4 is 5.32 Å². The highest BCUT2D eigenvalue weighted by Gasteiger charge is 2.23. The molecule has 0 aliphatic carbocycles. The third-order valence-electron chi connectivity index (χ3n) is 4.34. The fourth-order valence-electron chi connectivity index (χ4n) is 3.25. The number of halogens is 1. The Labute approximate surface area is 141 Å². The molecule has 0 amide bonds. The van der Waals surface area contributed by atoms with E-state index in [2.05, 4.69) is 33.7 Å². The first kappa shape index (κ1) is 16.6. The van der Waals surface area contributed by atoms with E-state index in [4.69, 9.17) is 0 Å². The van der Waals surface area contributed by atoms with Crippen molar-refractivity contribution in [3.05, 3.63) is 35.6 Å².